The second-order valence-electron chi connectivity index (χ2n) is 9.89. The number of thiazole rings is 1. The van der Waals surface area contributed by atoms with Crippen LogP contribution in [0, 0.1) is 5.82 Å². The molecule has 46 heavy (non-hydrogen) atoms. The highest BCUT2D eigenvalue weighted by atomic mass is 32.1. The van der Waals surface area contributed by atoms with E-state index in [1.165, 1.54) is 64.0 Å². The maximum Gasteiger partial charge on any atom is 0.267 e. The van der Waals surface area contributed by atoms with Crippen molar-refractivity contribution in [1.82, 2.24) is 4.98 Å². The van der Waals surface area contributed by atoms with Crippen LogP contribution in [0.25, 0.3) is 11.3 Å². The number of aromatic nitrogens is 1. The second-order valence-corrected chi connectivity index (χ2v) is 10.9. The quantitative estimate of drug-likeness (QED) is 0.141. The number of nitrogens with zero attached hydrogens (tertiary/aromatic N) is 2. The molecular formula is C35H31FN2O7S. The third kappa shape index (κ3) is 6.64. The summed E-state index contributed by atoms with van der Waals surface area (Å²) >= 11 is 1.19. The first-order valence-corrected chi connectivity index (χ1v) is 14.8. The molecule has 0 bridgehead atoms. The average molecular weight is 643 g/mol. The van der Waals surface area contributed by atoms with E-state index in [4.69, 9.17) is 28.7 Å². The van der Waals surface area contributed by atoms with Crippen molar-refractivity contribution in [2.24, 2.45) is 0 Å². The molecule has 2 amide bonds. The molecule has 5 rings (SSSR count). The number of carbonyl (C=O) groups is 2. The molecule has 0 spiro atoms. The lowest BCUT2D eigenvalue weighted by Crippen LogP contribution is -2.37. The van der Waals surface area contributed by atoms with Crippen molar-refractivity contribution in [2.75, 3.05) is 40.4 Å². The van der Waals surface area contributed by atoms with Crippen LogP contribution in [0.2, 0.25) is 0 Å². The first-order chi connectivity index (χ1) is 22.3. The predicted molar refractivity (Wildman–Crippen MR) is 174 cm³/mol. The number of hydrogen-bond acceptors (Lipinski definition) is 9. The van der Waals surface area contributed by atoms with E-state index in [0.717, 1.165) is 20.9 Å². The highest BCUT2D eigenvalue weighted by molar-refractivity contribution is 7.16. The van der Waals surface area contributed by atoms with Crippen LogP contribution in [-0.2, 0) is 6.42 Å². The van der Waals surface area contributed by atoms with Gasteiger partial charge in [-0.05, 0) is 78.4 Å². The molecule has 0 N–H and O–H groups in total. The average Bonchev–Trinajstić information content (AvgIpc) is 3.51. The van der Waals surface area contributed by atoms with Gasteiger partial charge in [0.15, 0.2) is 28.1 Å². The van der Waals surface area contributed by atoms with E-state index in [0.29, 0.717) is 40.9 Å². The molecule has 1 heterocycles. The standard InChI is InChI=1S/C35H31FN2O7S/c1-41-26-14-8-22(9-15-26)32-31(18-21-6-12-25(36)13-7-21)46-35(37-32)38(33(39)23-10-16-27(42-2)29(19-23)44-4)34(40)24-11-17-28(43-3)30(20-24)45-5/h6-17,19-20H,18H2,1-5H3. The fraction of sp³-hybridized carbons (Fsp3) is 0.171. The van der Waals surface area contributed by atoms with E-state index in [1.54, 1.807) is 55.6 Å². The lowest BCUT2D eigenvalue weighted by atomic mass is 10.1. The minimum Gasteiger partial charge on any atom is -0.497 e. The molecule has 0 saturated carbocycles. The number of ether oxygens (including phenoxy) is 5. The van der Waals surface area contributed by atoms with E-state index in [1.807, 2.05) is 12.1 Å². The van der Waals surface area contributed by atoms with Crippen molar-refractivity contribution in [3.8, 4) is 40.0 Å². The monoisotopic (exact) mass is 642 g/mol. The summed E-state index contributed by atoms with van der Waals surface area (Å²) in [6.45, 7) is 0. The Bertz CT molecular complexity index is 1790. The van der Waals surface area contributed by atoms with Gasteiger partial charge in [0, 0.05) is 28.0 Å². The zero-order chi connectivity index (χ0) is 32.8. The third-order valence-electron chi connectivity index (χ3n) is 7.19. The van der Waals surface area contributed by atoms with Gasteiger partial charge in [-0.25, -0.2) is 14.3 Å². The van der Waals surface area contributed by atoms with Crippen molar-refractivity contribution >= 4 is 28.3 Å². The molecule has 9 nitrogen and oxygen atoms in total. The topological polar surface area (TPSA) is 96.4 Å². The van der Waals surface area contributed by atoms with Crippen molar-refractivity contribution in [3.05, 3.63) is 112 Å². The summed E-state index contributed by atoms with van der Waals surface area (Å²) < 4.78 is 40.6. The Labute approximate surface area is 269 Å². The van der Waals surface area contributed by atoms with Gasteiger partial charge in [-0.1, -0.05) is 12.1 Å². The maximum atomic E-state index is 14.3. The Balaban J connectivity index is 1.67. The number of carbonyl (C=O) groups excluding carboxylic acids is 2. The maximum absolute atomic E-state index is 14.3. The third-order valence-corrected chi connectivity index (χ3v) is 8.23. The van der Waals surface area contributed by atoms with Crippen LogP contribution >= 0.6 is 11.3 Å². The predicted octanol–water partition coefficient (Wildman–Crippen LogP) is 7.07. The van der Waals surface area contributed by atoms with Crippen LogP contribution < -0.4 is 28.6 Å². The minimum atomic E-state index is -0.635. The van der Waals surface area contributed by atoms with Gasteiger partial charge in [-0.3, -0.25) is 9.59 Å². The van der Waals surface area contributed by atoms with Gasteiger partial charge in [0.25, 0.3) is 11.8 Å². The number of hydrogen-bond donors (Lipinski definition) is 0. The van der Waals surface area contributed by atoms with Crippen molar-refractivity contribution in [1.29, 1.82) is 0 Å². The molecule has 4 aromatic carbocycles. The van der Waals surface area contributed by atoms with E-state index >= 15 is 0 Å². The highest BCUT2D eigenvalue weighted by Crippen LogP contribution is 2.38. The number of anilines is 1. The number of imide groups is 1. The molecule has 0 aliphatic carbocycles. The molecule has 5 aromatic rings. The Morgan fingerprint density at radius 2 is 1.20 bits per heavy atom. The van der Waals surface area contributed by atoms with Crippen LogP contribution in [0.1, 0.15) is 31.2 Å². The molecule has 1 aromatic heterocycles. The van der Waals surface area contributed by atoms with Gasteiger partial charge in [0.05, 0.1) is 41.2 Å². The molecule has 0 radical (unpaired) electrons. The summed E-state index contributed by atoms with van der Waals surface area (Å²) in [6, 6.07) is 22.8. The van der Waals surface area contributed by atoms with Crippen LogP contribution in [0.4, 0.5) is 9.52 Å². The molecule has 0 aliphatic heterocycles. The van der Waals surface area contributed by atoms with Crippen LogP contribution in [0.5, 0.6) is 28.7 Å². The Kier molecular flexibility index (Phi) is 9.82. The summed E-state index contributed by atoms with van der Waals surface area (Å²) in [5.74, 6) is 0.533. The van der Waals surface area contributed by atoms with Gasteiger partial charge < -0.3 is 23.7 Å². The first kappa shape index (κ1) is 32.0. The summed E-state index contributed by atoms with van der Waals surface area (Å²) in [5.41, 5.74) is 2.49. The first-order valence-electron chi connectivity index (χ1n) is 14.0. The molecule has 0 atom stereocenters. The number of amides is 2. The molecule has 0 unspecified atom stereocenters. The van der Waals surface area contributed by atoms with Gasteiger partial charge >= 0.3 is 0 Å². The fourth-order valence-electron chi connectivity index (χ4n) is 4.78. The summed E-state index contributed by atoms with van der Waals surface area (Å²) in [7, 11) is 7.48. The Hall–Kier alpha value is -5.42. The van der Waals surface area contributed by atoms with E-state index in [2.05, 4.69) is 0 Å². The van der Waals surface area contributed by atoms with Crippen LogP contribution in [-0.4, -0.2) is 52.3 Å². The SMILES string of the molecule is COc1ccc(-c2nc(N(C(=O)c3ccc(OC)c(OC)c3)C(=O)c3ccc(OC)c(OC)c3)sc2Cc2ccc(F)cc2)cc1. The van der Waals surface area contributed by atoms with Gasteiger partial charge in [-0.15, -0.1) is 11.3 Å². The van der Waals surface area contributed by atoms with E-state index < -0.39 is 11.8 Å². The normalized spacial score (nSPS) is 10.7. The molecule has 0 fully saturated rings. The van der Waals surface area contributed by atoms with Crippen LogP contribution in [0.15, 0.2) is 84.9 Å². The molecule has 0 saturated heterocycles. The zero-order valence-electron chi connectivity index (χ0n) is 25.8. The molecule has 0 aliphatic rings. The summed E-state index contributed by atoms with van der Waals surface area (Å²) in [5, 5.41) is 0.141. The lowest BCUT2D eigenvalue weighted by Gasteiger charge is -2.20. The minimum absolute atomic E-state index is 0.141. The zero-order valence-corrected chi connectivity index (χ0v) is 26.6. The number of benzene rings is 4. The van der Waals surface area contributed by atoms with Gasteiger partial charge in [0.1, 0.15) is 11.6 Å². The van der Waals surface area contributed by atoms with Crippen molar-refractivity contribution in [2.45, 2.75) is 6.42 Å². The van der Waals surface area contributed by atoms with Crippen molar-refractivity contribution < 1.29 is 37.7 Å². The van der Waals surface area contributed by atoms with Gasteiger partial charge in [0.2, 0.25) is 0 Å². The number of rotatable bonds is 11. The molecule has 236 valence electrons. The Morgan fingerprint density at radius 1 is 0.674 bits per heavy atom. The summed E-state index contributed by atoms with van der Waals surface area (Å²) in [4.78, 5) is 35.3. The van der Waals surface area contributed by atoms with Crippen molar-refractivity contribution in [3.63, 3.8) is 0 Å². The largest absolute Gasteiger partial charge is 0.497 e. The van der Waals surface area contributed by atoms with E-state index in [9.17, 15) is 14.0 Å². The summed E-state index contributed by atoms with van der Waals surface area (Å²) in [6.07, 6.45) is 0.377. The number of halogens is 1. The second kappa shape index (κ2) is 14.1. The molecular weight excluding hydrogens is 611 g/mol. The highest BCUT2D eigenvalue weighted by Gasteiger charge is 2.31. The van der Waals surface area contributed by atoms with E-state index in [-0.39, 0.29) is 22.1 Å². The molecule has 11 heteroatoms. The smallest absolute Gasteiger partial charge is 0.267 e. The lowest BCUT2D eigenvalue weighted by molar-refractivity contribution is 0.0897. The van der Waals surface area contributed by atoms with Gasteiger partial charge in [-0.2, -0.15) is 0 Å². The van der Waals surface area contributed by atoms with Crippen LogP contribution in [0.3, 0.4) is 0 Å². The fourth-order valence-corrected chi connectivity index (χ4v) is 5.89. The Morgan fingerprint density at radius 3 is 1.67 bits per heavy atom. The number of methoxy groups -OCH3 is 5.